The molecule has 0 saturated carbocycles. The van der Waals surface area contributed by atoms with Gasteiger partial charge in [0.2, 0.25) is 5.89 Å². The highest BCUT2D eigenvalue weighted by atomic mass is 79.9. The van der Waals surface area contributed by atoms with Crippen molar-refractivity contribution in [1.29, 1.82) is 0 Å². The summed E-state index contributed by atoms with van der Waals surface area (Å²) >= 11 is 8.47. The molecule has 0 aliphatic carbocycles. The Kier molecular flexibility index (Phi) is 4.21. The van der Waals surface area contributed by atoms with E-state index >= 15 is 0 Å². The monoisotopic (exact) mass is 339 g/mol. The molecule has 1 atom stereocenters. The van der Waals surface area contributed by atoms with Gasteiger partial charge in [0.1, 0.15) is 16.8 Å². The average Bonchev–Trinajstić information content (AvgIpc) is 2.78. The van der Waals surface area contributed by atoms with E-state index in [1.165, 1.54) is 0 Å². The number of halogens is 1. The van der Waals surface area contributed by atoms with Gasteiger partial charge in [0.15, 0.2) is 0 Å². The standard InChI is InChI=1S/C13H14BrN3OS/c1-7-6-16-13(18-7)8(2)17-11-4-3-9(14)5-10(11)12(15)19/h3-6,8,17H,1-2H3,(H2,15,19). The fourth-order valence-corrected chi connectivity index (χ4v) is 2.24. The zero-order valence-corrected chi connectivity index (χ0v) is 13.0. The minimum atomic E-state index is -0.0667. The van der Waals surface area contributed by atoms with Crippen LogP contribution in [0.3, 0.4) is 0 Å². The van der Waals surface area contributed by atoms with E-state index in [-0.39, 0.29) is 6.04 Å². The van der Waals surface area contributed by atoms with E-state index in [0.717, 1.165) is 21.5 Å². The normalized spacial score (nSPS) is 12.2. The second-order valence-electron chi connectivity index (χ2n) is 4.23. The SMILES string of the molecule is Cc1cnc(C(C)Nc2ccc(Br)cc2C(N)=S)o1. The largest absolute Gasteiger partial charge is 0.444 e. The number of nitrogens with zero attached hydrogens (tertiary/aromatic N) is 1. The lowest BCUT2D eigenvalue weighted by Crippen LogP contribution is -2.15. The molecule has 19 heavy (non-hydrogen) atoms. The van der Waals surface area contributed by atoms with Crippen molar-refractivity contribution >= 4 is 38.8 Å². The number of aromatic nitrogens is 1. The lowest BCUT2D eigenvalue weighted by atomic mass is 10.1. The molecule has 100 valence electrons. The summed E-state index contributed by atoms with van der Waals surface area (Å²) in [5.41, 5.74) is 7.38. The summed E-state index contributed by atoms with van der Waals surface area (Å²) in [6, 6.07) is 5.67. The predicted octanol–water partition coefficient (Wildman–Crippen LogP) is 3.55. The van der Waals surface area contributed by atoms with Crippen molar-refractivity contribution in [2.45, 2.75) is 19.9 Å². The number of anilines is 1. The van der Waals surface area contributed by atoms with Crippen molar-refractivity contribution in [2.24, 2.45) is 5.73 Å². The van der Waals surface area contributed by atoms with Gasteiger partial charge in [-0.1, -0.05) is 28.1 Å². The van der Waals surface area contributed by atoms with Gasteiger partial charge in [-0.2, -0.15) is 0 Å². The lowest BCUT2D eigenvalue weighted by molar-refractivity contribution is 0.453. The van der Waals surface area contributed by atoms with Crippen molar-refractivity contribution in [2.75, 3.05) is 5.32 Å². The molecular formula is C13H14BrN3OS. The molecule has 1 unspecified atom stereocenters. The molecule has 1 aromatic heterocycles. The Morgan fingerprint density at radius 2 is 2.26 bits per heavy atom. The highest BCUT2D eigenvalue weighted by molar-refractivity contribution is 9.10. The first kappa shape index (κ1) is 14.0. The third kappa shape index (κ3) is 3.33. The summed E-state index contributed by atoms with van der Waals surface area (Å²) in [5.74, 6) is 1.42. The third-order valence-electron chi connectivity index (χ3n) is 2.63. The molecule has 2 rings (SSSR count). The second-order valence-corrected chi connectivity index (χ2v) is 5.58. The lowest BCUT2D eigenvalue weighted by Gasteiger charge is -2.15. The quantitative estimate of drug-likeness (QED) is 0.834. The van der Waals surface area contributed by atoms with Crippen LogP contribution in [0.15, 0.2) is 33.3 Å². The van der Waals surface area contributed by atoms with Crippen LogP contribution in [-0.4, -0.2) is 9.97 Å². The number of hydrogen-bond donors (Lipinski definition) is 2. The van der Waals surface area contributed by atoms with E-state index < -0.39 is 0 Å². The third-order valence-corrected chi connectivity index (χ3v) is 3.34. The van der Waals surface area contributed by atoms with Crippen LogP contribution in [0, 0.1) is 6.92 Å². The van der Waals surface area contributed by atoms with Gasteiger partial charge in [0.25, 0.3) is 0 Å². The number of aryl methyl sites for hydroxylation is 1. The van der Waals surface area contributed by atoms with Gasteiger partial charge in [-0.25, -0.2) is 4.98 Å². The molecule has 1 aromatic carbocycles. The molecule has 6 heteroatoms. The van der Waals surface area contributed by atoms with Gasteiger partial charge >= 0.3 is 0 Å². The van der Waals surface area contributed by atoms with Crippen LogP contribution in [0.2, 0.25) is 0 Å². The number of thiocarbonyl (C=S) groups is 1. The first-order chi connectivity index (χ1) is 8.97. The first-order valence-corrected chi connectivity index (χ1v) is 6.95. The molecule has 0 aliphatic heterocycles. The topological polar surface area (TPSA) is 64.1 Å². The van der Waals surface area contributed by atoms with E-state index in [9.17, 15) is 0 Å². The highest BCUT2D eigenvalue weighted by Gasteiger charge is 2.14. The van der Waals surface area contributed by atoms with Gasteiger partial charge < -0.3 is 15.5 Å². The smallest absolute Gasteiger partial charge is 0.216 e. The number of oxazole rings is 1. The number of nitrogens with one attached hydrogen (secondary N) is 1. The summed E-state index contributed by atoms with van der Waals surface area (Å²) in [6.07, 6.45) is 1.70. The second kappa shape index (κ2) is 5.71. The zero-order valence-electron chi connectivity index (χ0n) is 10.6. The molecule has 0 saturated heterocycles. The van der Waals surface area contributed by atoms with Crippen LogP contribution in [0.25, 0.3) is 0 Å². The molecule has 0 bridgehead atoms. The molecular weight excluding hydrogens is 326 g/mol. The Morgan fingerprint density at radius 3 is 2.84 bits per heavy atom. The van der Waals surface area contributed by atoms with Crippen LogP contribution >= 0.6 is 28.1 Å². The molecule has 0 spiro atoms. The Bertz CT molecular complexity index is 612. The maximum absolute atomic E-state index is 5.73. The van der Waals surface area contributed by atoms with Crippen LogP contribution < -0.4 is 11.1 Å². The van der Waals surface area contributed by atoms with E-state index in [1.807, 2.05) is 32.0 Å². The van der Waals surface area contributed by atoms with Crippen LogP contribution in [0.5, 0.6) is 0 Å². The van der Waals surface area contributed by atoms with Gasteiger partial charge in [0, 0.05) is 15.7 Å². The van der Waals surface area contributed by atoms with Crippen LogP contribution in [0.4, 0.5) is 5.69 Å². The number of hydrogen-bond acceptors (Lipinski definition) is 4. The summed E-state index contributed by atoms with van der Waals surface area (Å²) < 4.78 is 6.43. The molecule has 0 radical (unpaired) electrons. The van der Waals surface area contributed by atoms with Gasteiger partial charge in [-0.05, 0) is 32.0 Å². The molecule has 0 aliphatic rings. The van der Waals surface area contributed by atoms with E-state index in [4.69, 9.17) is 22.4 Å². The average molecular weight is 340 g/mol. The van der Waals surface area contributed by atoms with Crippen molar-refractivity contribution in [3.05, 3.63) is 46.1 Å². The van der Waals surface area contributed by atoms with Crippen LogP contribution in [-0.2, 0) is 0 Å². The molecule has 0 fully saturated rings. The maximum Gasteiger partial charge on any atom is 0.216 e. The minimum absolute atomic E-state index is 0.0667. The fourth-order valence-electron chi connectivity index (χ4n) is 1.71. The van der Waals surface area contributed by atoms with Crippen molar-refractivity contribution < 1.29 is 4.42 Å². The van der Waals surface area contributed by atoms with E-state index in [2.05, 4.69) is 26.2 Å². The minimum Gasteiger partial charge on any atom is -0.444 e. The highest BCUT2D eigenvalue weighted by Crippen LogP contribution is 2.25. The number of benzene rings is 1. The number of rotatable bonds is 4. The van der Waals surface area contributed by atoms with Crippen molar-refractivity contribution in [1.82, 2.24) is 4.98 Å². The summed E-state index contributed by atoms with van der Waals surface area (Å²) in [7, 11) is 0. The van der Waals surface area contributed by atoms with Gasteiger partial charge in [0.05, 0.1) is 6.20 Å². The van der Waals surface area contributed by atoms with Crippen LogP contribution in [0.1, 0.15) is 30.2 Å². The Morgan fingerprint density at radius 1 is 1.53 bits per heavy atom. The first-order valence-electron chi connectivity index (χ1n) is 5.75. The molecule has 1 heterocycles. The fraction of sp³-hybridized carbons (Fsp3) is 0.231. The van der Waals surface area contributed by atoms with Crippen molar-refractivity contribution in [3.63, 3.8) is 0 Å². The summed E-state index contributed by atoms with van der Waals surface area (Å²) in [4.78, 5) is 4.55. The Balaban J connectivity index is 2.26. The summed E-state index contributed by atoms with van der Waals surface area (Å²) in [5, 5.41) is 3.30. The Hall–Kier alpha value is -1.40. The number of nitrogens with two attached hydrogens (primary N) is 1. The molecule has 4 nitrogen and oxygen atoms in total. The molecule has 3 N–H and O–H groups in total. The van der Waals surface area contributed by atoms with Crippen molar-refractivity contribution in [3.8, 4) is 0 Å². The molecule has 0 amide bonds. The van der Waals surface area contributed by atoms with E-state index in [0.29, 0.717) is 10.9 Å². The van der Waals surface area contributed by atoms with Gasteiger partial charge in [-0.3, -0.25) is 0 Å². The predicted molar refractivity (Wildman–Crippen MR) is 83.3 cm³/mol. The maximum atomic E-state index is 5.73. The van der Waals surface area contributed by atoms with E-state index in [1.54, 1.807) is 6.20 Å². The summed E-state index contributed by atoms with van der Waals surface area (Å²) in [6.45, 7) is 3.83. The Labute approximate surface area is 125 Å². The van der Waals surface area contributed by atoms with Gasteiger partial charge in [-0.15, -0.1) is 0 Å². The molecule has 2 aromatic rings. The zero-order chi connectivity index (χ0) is 14.0.